The number of fused-ring (bicyclic) bond motifs is 2. The molecule has 2 aromatic heterocycles. The minimum Gasteiger partial charge on any atom is -0.543 e. The molecule has 0 unspecified atom stereocenters. The molecule has 264 valence electrons. The maximum atomic E-state index is 12.5. The van der Waals surface area contributed by atoms with Crippen LogP contribution in [-0.2, 0) is 38.4 Å². The van der Waals surface area contributed by atoms with E-state index in [4.69, 9.17) is 11.5 Å². The van der Waals surface area contributed by atoms with Crippen molar-refractivity contribution in [2.24, 2.45) is 10.3 Å². The predicted molar refractivity (Wildman–Crippen MR) is 176 cm³/mol. The monoisotopic (exact) mass is 810 g/mol. The number of nitrogens with zero attached hydrogens (tertiary/aromatic N) is 6. The van der Waals surface area contributed by atoms with Crippen molar-refractivity contribution >= 4 is 103 Å². The second-order valence-corrected chi connectivity index (χ2v) is 14.0. The van der Waals surface area contributed by atoms with Crippen LogP contribution in [-0.4, -0.2) is 115 Å². The van der Waals surface area contributed by atoms with E-state index in [0.717, 1.165) is 32.5 Å². The summed E-state index contributed by atoms with van der Waals surface area (Å²) < 4.78 is 0. The first-order valence-corrected chi connectivity index (χ1v) is 17.7. The molecule has 0 aromatic carbocycles. The number of aliphatic carboxylic acids is 2. The zero-order valence-corrected chi connectivity index (χ0v) is 34.9. The zero-order chi connectivity index (χ0) is 36.3. The molecule has 6 rings (SSSR count). The molecule has 0 saturated carbocycles. The molecule has 4 aliphatic heterocycles. The number of aromatic nitrogens is 2. The second kappa shape index (κ2) is 18.7. The van der Waals surface area contributed by atoms with Gasteiger partial charge in [-0.15, -0.1) is 46.2 Å². The number of carboxylic acid groups (broad SMARTS) is 2. The Bertz CT molecular complexity index is 1750. The van der Waals surface area contributed by atoms with Gasteiger partial charge in [0, 0.05) is 22.3 Å². The van der Waals surface area contributed by atoms with Crippen LogP contribution in [0.2, 0.25) is 0 Å². The van der Waals surface area contributed by atoms with Crippen molar-refractivity contribution < 1.29 is 108 Å². The number of thiazole rings is 2. The Hall–Kier alpha value is -3.20. The van der Waals surface area contributed by atoms with Gasteiger partial charge in [0.05, 0.1) is 23.3 Å². The van der Waals surface area contributed by atoms with Gasteiger partial charge in [-0.25, -0.2) is 9.97 Å². The Morgan fingerprint density at radius 3 is 1.42 bits per heavy atom. The Kier molecular flexibility index (Phi) is 15.5. The smallest absolute Gasteiger partial charge is 0.543 e. The average molecular weight is 811 g/mol. The molecule has 2 fully saturated rings. The molecule has 6 N–H and O–H groups in total. The molecule has 26 heteroatoms. The van der Waals surface area contributed by atoms with E-state index >= 15 is 0 Å². The van der Waals surface area contributed by atoms with Crippen molar-refractivity contribution in [1.29, 1.82) is 0 Å². The third kappa shape index (κ3) is 8.94. The van der Waals surface area contributed by atoms with Gasteiger partial charge in [0.1, 0.15) is 48.4 Å². The summed E-state index contributed by atoms with van der Waals surface area (Å²) in [7, 11) is 2.54. The molecule has 0 aliphatic carbocycles. The Morgan fingerprint density at radius 1 is 0.769 bits per heavy atom. The standard InChI is InChI=1S/2C13H13N5O5S2.2Na/c2*1-23-17-7(5-4-25-13(14)15-5)9(19)16-8-10(20)18-6(12(21)22)2-3-24-11(8)18;;/h2*2,4,8,11H,3H2,1H3,(H2,14,15)(H,16,19)(H,21,22);;/q;;2*+1/p-2/b2*17-7-;;/t2*8-,11-;;/m11../s1. The van der Waals surface area contributed by atoms with Gasteiger partial charge in [-0.1, -0.05) is 10.3 Å². The summed E-state index contributed by atoms with van der Waals surface area (Å²) in [6, 6.07) is -1.75. The summed E-state index contributed by atoms with van der Waals surface area (Å²) in [6.45, 7) is 0. The number of anilines is 2. The number of carboxylic acids is 2. The van der Waals surface area contributed by atoms with Crippen LogP contribution in [0.1, 0.15) is 11.4 Å². The number of nitrogens with two attached hydrogens (primary N) is 2. The molecule has 6 heterocycles. The first-order chi connectivity index (χ1) is 23.9. The van der Waals surface area contributed by atoms with Gasteiger partial charge in [-0.3, -0.25) is 29.0 Å². The van der Waals surface area contributed by atoms with E-state index in [1.165, 1.54) is 60.7 Å². The number of β-lactam (4-membered cyclic amide) rings is 2. The van der Waals surface area contributed by atoms with E-state index < -0.39 is 58.4 Å². The van der Waals surface area contributed by atoms with Gasteiger partial charge >= 0.3 is 59.1 Å². The number of nitrogens with one attached hydrogen (secondary N) is 2. The van der Waals surface area contributed by atoms with Gasteiger partial charge in [0.25, 0.3) is 23.6 Å². The van der Waals surface area contributed by atoms with Crippen LogP contribution in [0.15, 0.2) is 44.6 Å². The molecule has 0 radical (unpaired) electrons. The maximum Gasteiger partial charge on any atom is 1.00 e. The minimum atomic E-state index is -1.43. The number of carbonyl (C=O) groups is 6. The SMILES string of the molecule is CO/N=C(\C(=O)N[C@@H]1C(=O)N2C(C(=O)[O-])=CCS[C@H]12)c1csc(N)n1.CO/N=C(\C(=O)N[C@@H]1C(=O)N2C(C(=O)[O-])=CCS[C@H]12)c1csc(N)n1.[Na+].[Na+]. The Balaban J connectivity index is 0.000000270. The number of rotatable bonds is 10. The molecule has 2 saturated heterocycles. The Morgan fingerprint density at radius 2 is 1.13 bits per heavy atom. The first kappa shape index (κ1) is 43.2. The van der Waals surface area contributed by atoms with Crippen LogP contribution in [0.3, 0.4) is 0 Å². The van der Waals surface area contributed by atoms with Crippen LogP contribution in [0, 0.1) is 0 Å². The summed E-state index contributed by atoms with van der Waals surface area (Å²) in [5, 5.41) is 37.1. The molecular formula is C26H24N10Na2O10S4. The first-order valence-electron chi connectivity index (χ1n) is 13.9. The fourth-order valence-electron chi connectivity index (χ4n) is 4.86. The summed E-state index contributed by atoms with van der Waals surface area (Å²) >= 11 is 4.92. The number of hydrogen-bond acceptors (Lipinski definition) is 20. The average Bonchev–Trinajstić information content (AvgIpc) is 3.73. The van der Waals surface area contributed by atoms with Crippen molar-refractivity contribution in [1.82, 2.24) is 30.4 Å². The second-order valence-electron chi connectivity index (χ2n) is 9.91. The van der Waals surface area contributed by atoms with Crippen molar-refractivity contribution in [3.8, 4) is 0 Å². The van der Waals surface area contributed by atoms with Crippen LogP contribution in [0.4, 0.5) is 10.3 Å². The van der Waals surface area contributed by atoms with Crippen LogP contribution in [0.25, 0.3) is 0 Å². The number of hydrogen-bond donors (Lipinski definition) is 4. The van der Waals surface area contributed by atoms with E-state index in [1.54, 1.807) is 0 Å². The number of nitrogen functional groups attached to an aromatic ring is 2. The Labute approximate surface area is 354 Å². The molecule has 0 spiro atoms. The van der Waals surface area contributed by atoms with Gasteiger partial charge < -0.3 is 51.6 Å². The molecule has 4 atom stereocenters. The minimum absolute atomic E-state index is 0. The molecule has 2 aromatic rings. The number of amides is 4. The zero-order valence-electron chi connectivity index (χ0n) is 27.6. The summed E-state index contributed by atoms with van der Waals surface area (Å²) in [5.74, 6) is -4.47. The molecule has 20 nitrogen and oxygen atoms in total. The normalized spacial score (nSPS) is 21.7. The van der Waals surface area contributed by atoms with Crippen molar-refractivity contribution in [3.05, 3.63) is 45.7 Å². The van der Waals surface area contributed by atoms with Crippen LogP contribution >= 0.6 is 46.2 Å². The fraction of sp³-hybridized carbons (Fsp3) is 0.308. The molecule has 4 aliphatic rings. The van der Waals surface area contributed by atoms with E-state index in [9.17, 15) is 39.0 Å². The quantitative estimate of drug-likeness (QED) is 0.0750. The van der Waals surface area contributed by atoms with E-state index in [0.29, 0.717) is 11.5 Å². The van der Waals surface area contributed by atoms with Crippen LogP contribution < -0.4 is 91.4 Å². The summed E-state index contributed by atoms with van der Waals surface area (Å²) in [6.07, 6.45) is 2.81. The fourth-order valence-corrected chi connectivity index (χ4v) is 8.35. The van der Waals surface area contributed by atoms with Gasteiger partial charge in [0.2, 0.25) is 0 Å². The van der Waals surface area contributed by atoms with Crippen LogP contribution in [0.5, 0.6) is 0 Å². The summed E-state index contributed by atoms with van der Waals surface area (Å²) in [4.78, 5) is 91.0. The third-order valence-corrected chi connectivity index (χ3v) is 10.7. The number of carbonyl (C=O) groups excluding carboxylic acids is 6. The molecular weight excluding hydrogens is 787 g/mol. The number of oxime groups is 2. The number of thioether (sulfide) groups is 2. The topological polar surface area (TPSA) is 300 Å². The van der Waals surface area contributed by atoms with Gasteiger partial charge in [0.15, 0.2) is 21.7 Å². The predicted octanol–water partition coefficient (Wildman–Crippen LogP) is -9.77. The van der Waals surface area contributed by atoms with Crippen molar-refractivity contribution in [2.75, 3.05) is 37.2 Å². The van der Waals surface area contributed by atoms with Gasteiger partial charge in [-0.05, 0) is 12.2 Å². The molecule has 0 bridgehead atoms. The van der Waals surface area contributed by atoms with Gasteiger partial charge in [-0.2, -0.15) is 0 Å². The molecule has 52 heavy (non-hydrogen) atoms. The van der Waals surface area contributed by atoms with Crippen molar-refractivity contribution in [3.63, 3.8) is 0 Å². The van der Waals surface area contributed by atoms with E-state index in [2.05, 4.69) is 40.6 Å². The largest absolute Gasteiger partial charge is 1.00 e. The van der Waals surface area contributed by atoms with Crippen molar-refractivity contribution in [2.45, 2.75) is 22.8 Å². The maximum absolute atomic E-state index is 12.5. The third-order valence-electron chi connectivity index (χ3n) is 7.01. The summed E-state index contributed by atoms with van der Waals surface area (Å²) in [5.41, 5.74) is 10.9. The van der Waals surface area contributed by atoms with E-state index in [-0.39, 0.29) is 104 Å². The van der Waals surface area contributed by atoms with E-state index in [1.807, 2.05) is 0 Å². The molecule has 4 amide bonds.